The van der Waals surface area contributed by atoms with Crippen molar-refractivity contribution in [3.05, 3.63) is 41.4 Å². The zero-order valence-corrected chi connectivity index (χ0v) is 7.88. The highest BCUT2D eigenvalue weighted by Crippen LogP contribution is 2.27. The minimum Gasteiger partial charge on any atom is -0.441 e. The second-order valence-electron chi connectivity index (χ2n) is 2.72. The normalized spacial score (nSPS) is 10.3. The van der Waals surface area contributed by atoms with E-state index in [1.807, 2.05) is 24.3 Å². The number of hydrogen-bond donors (Lipinski definition) is 0. The molecule has 0 saturated heterocycles. The van der Waals surface area contributed by atoms with Gasteiger partial charge >= 0.3 is 0 Å². The number of benzene rings is 1. The van der Waals surface area contributed by atoms with E-state index in [9.17, 15) is 0 Å². The van der Waals surface area contributed by atoms with E-state index in [1.165, 1.54) is 0 Å². The topological polar surface area (TPSA) is 26.0 Å². The van der Waals surface area contributed by atoms with E-state index in [0.29, 0.717) is 16.7 Å². The first-order valence-electron chi connectivity index (χ1n) is 3.95. The number of aromatic nitrogens is 1. The maximum atomic E-state index is 5.98. The Kier molecular flexibility index (Phi) is 2.07. The van der Waals surface area contributed by atoms with Crippen LogP contribution < -0.4 is 0 Å². The molecule has 0 amide bonds. The molecule has 0 atom stereocenters. The first kappa shape index (κ1) is 8.32. The molecule has 0 unspecified atom stereocenters. The van der Waals surface area contributed by atoms with E-state index in [-0.39, 0.29) is 0 Å². The summed E-state index contributed by atoms with van der Waals surface area (Å²) in [5.74, 6) is 1.36. The third-order valence-electron chi connectivity index (χ3n) is 1.76. The molecule has 0 aliphatic heterocycles. The molecular formula is C10H8ClNO. The van der Waals surface area contributed by atoms with Crippen molar-refractivity contribution >= 4 is 11.6 Å². The van der Waals surface area contributed by atoms with Gasteiger partial charge in [0.05, 0.1) is 11.2 Å². The van der Waals surface area contributed by atoms with Gasteiger partial charge in [0.25, 0.3) is 0 Å². The highest BCUT2D eigenvalue weighted by Gasteiger charge is 2.06. The molecular weight excluding hydrogens is 186 g/mol. The lowest BCUT2D eigenvalue weighted by molar-refractivity contribution is 0.534. The van der Waals surface area contributed by atoms with Crippen molar-refractivity contribution in [2.45, 2.75) is 6.92 Å². The maximum absolute atomic E-state index is 5.98. The summed E-state index contributed by atoms with van der Waals surface area (Å²) >= 11 is 5.98. The summed E-state index contributed by atoms with van der Waals surface area (Å²) in [6.07, 6.45) is 1.68. The largest absolute Gasteiger partial charge is 0.441 e. The smallest absolute Gasteiger partial charge is 0.191 e. The van der Waals surface area contributed by atoms with E-state index in [2.05, 4.69) is 4.98 Å². The van der Waals surface area contributed by atoms with Crippen molar-refractivity contribution in [2.24, 2.45) is 0 Å². The molecule has 0 aliphatic rings. The van der Waals surface area contributed by atoms with E-state index < -0.39 is 0 Å². The quantitative estimate of drug-likeness (QED) is 0.695. The lowest BCUT2D eigenvalue weighted by atomic mass is 10.2. The van der Waals surface area contributed by atoms with Crippen LogP contribution in [0.15, 0.2) is 34.9 Å². The number of hydrogen-bond acceptors (Lipinski definition) is 2. The number of rotatable bonds is 1. The highest BCUT2D eigenvalue weighted by atomic mass is 35.5. The van der Waals surface area contributed by atoms with Crippen molar-refractivity contribution in [3.63, 3.8) is 0 Å². The summed E-state index contributed by atoms with van der Waals surface area (Å²) in [4.78, 5) is 4.01. The van der Waals surface area contributed by atoms with Crippen LogP contribution in [0.3, 0.4) is 0 Å². The molecule has 1 heterocycles. The Bertz CT molecular complexity index is 422. The molecule has 0 radical (unpaired) electrons. The van der Waals surface area contributed by atoms with Gasteiger partial charge in [0.15, 0.2) is 11.7 Å². The fourth-order valence-electron chi connectivity index (χ4n) is 1.15. The van der Waals surface area contributed by atoms with Gasteiger partial charge in [-0.3, -0.25) is 0 Å². The van der Waals surface area contributed by atoms with Crippen molar-refractivity contribution < 1.29 is 4.42 Å². The predicted molar refractivity (Wildman–Crippen MR) is 51.7 cm³/mol. The Hall–Kier alpha value is -1.28. The summed E-state index contributed by atoms with van der Waals surface area (Å²) < 4.78 is 5.35. The second-order valence-corrected chi connectivity index (χ2v) is 3.13. The minimum atomic E-state index is 0.648. The molecule has 3 heteroatoms. The van der Waals surface area contributed by atoms with Crippen LogP contribution in [0.5, 0.6) is 0 Å². The number of nitrogens with zero attached hydrogens (tertiary/aromatic N) is 1. The third-order valence-corrected chi connectivity index (χ3v) is 2.09. The van der Waals surface area contributed by atoms with Crippen LogP contribution in [-0.4, -0.2) is 4.98 Å². The fraction of sp³-hybridized carbons (Fsp3) is 0.100. The minimum absolute atomic E-state index is 0.648. The van der Waals surface area contributed by atoms with Gasteiger partial charge in [-0.15, -0.1) is 0 Å². The highest BCUT2D eigenvalue weighted by molar-refractivity contribution is 6.33. The maximum Gasteiger partial charge on any atom is 0.191 e. The lowest BCUT2D eigenvalue weighted by Gasteiger charge is -1.97. The van der Waals surface area contributed by atoms with Crippen LogP contribution >= 0.6 is 11.6 Å². The molecule has 0 bridgehead atoms. The molecule has 1 aromatic carbocycles. The average molecular weight is 194 g/mol. The molecule has 0 N–H and O–H groups in total. The molecule has 0 aliphatic carbocycles. The molecule has 0 saturated carbocycles. The lowest BCUT2D eigenvalue weighted by Crippen LogP contribution is -1.74. The van der Waals surface area contributed by atoms with Crippen LogP contribution in [0, 0.1) is 6.92 Å². The Balaban J connectivity index is 2.52. The Morgan fingerprint density at radius 2 is 2.08 bits per heavy atom. The van der Waals surface area contributed by atoms with Gasteiger partial charge in [-0.2, -0.15) is 0 Å². The molecule has 13 heavy (non-hydrogen) atoms. The Morgan fingerprint density at radius 3 is 2.69 bits per heavy atom. The first-order chi connectivity index (χ1) is 6.27. The summed E-state index contributed by atoms with van der Waals surface area (Å²) in [5.41, 5.74) is 0.879. The molecule has 2 nitrogen and oxygen atoms in total. The van der Waals surface area contributed by atoms with E-state index in [0.717, 1.165) is 5.56 Å². The summed E-state index contributed by atoms with van der Waals surface area (Å²) in [7, 11) is 0. The van der Waals surface area contributed by atoms with Gasteiger partial charge in [0.2, 0.25) is 0 Å². The van der Waals surface area contributed by atoms with E-state index >= 15 is 0 Å². The first-order valence-corrected chi connectivity index (χ1v) is 4.32. The van der Waals surface area contributed by atoms with Gasteiger partial charge in [0, 0.05) is 12.5 Å². The number of halogens is 1. The van der Waals surface area contributed by atoms with Crippen LogP contribution in [0.2, 0.25) is 5.02 Å². The molecule has 2 rings (SSSR count). The van der Waals surface area contributed by atoms with Crippen LogP contribution in [0.1, 0.15) is 5.89 Å². The molecule has 1 aromatic heterocycles. The number of oxazole rings is 1. The SMILES string of the molecule is Cc1ncc(-c2ccccc2Cl)o1. The van der Waals surface area contributed by atoms with Crippen molar-refractivity contribution in [1.82, 2.24) is 4.98 Å². The summed E-state index contributed by atoms with van der Waals surface area (Å²) in [5, 5.41) is 0.679. The molecule has 0 spiro atoms. The standard InChI is InChI=1S/C10H8ClNO/c1-7-12-6-10(13-7)8-4-2-3-5-9(8)11/h2-6H,1H3. The average Bonchev–Trinajstić information content (AvgIpc) is 2.53. The van der Waals surface area contributed by atoms with Crippen LogP contribution in [0.25, 0.3) is 11.3 Å². The van der Waals surface area contributed by atoms with Crippen molar-refractivity contribution in [1.29, 1.82) is 0 Å². The van der Waals surface area contributed by atoms with Crippen LogP contribution in [0.4, 0.5) is 0 Å². The van der Waals surface area contributed by atoms with Crippen molar-refractivity contribution in [2.75, 3.05) is 0 Å². The van der Waals surface area contributed by atoms with Crippen LogP contribution in [-0.2, 0) is 0 Å². The van der Waals surface area contributed by atoms with E-state index in [1.54, 1.807) is 13.1 Å². The van der Waals surface area contributed by atoms with E-state index in [4.69, 9.17) is 16.0 Å². The zero-order chi connectivity index (χ0) is 9.26. The molecule has 2 aromatic rings. The predicted octanol–water partition coefficient (Wildman–Crippen LogP) is 3.30. The van der Waals surface area contributed by atoms with Gasteiger partial charge < -0.3 is 4.42 Å². The van der Waals surface area contributed by atoms with Gasteiger partial charge in [-0.25, -0.2) is 4.98 Å². The van der Waals surface area contributed by atoms with Crippen molar-refractivity contribution in [3.8, 4) is 11.3 Å². The Labute approximate surface area is 81.2 Å². The summed E-state index contributed by atoms with van der Waals surface area (Å²) in [6.45, 7) is 1.81. The molecule has 0 fully saturated rings. The second kappa shape index (κ2) is 3.23. The monoisotopic (exact) mass is 193 g/mol. The van der Waals surface area contributed by atoms with Gasteiger partial charge in [-0.1, -0.05) is 23.7 Å². The fourth-order valence-corrected chi connectivity index (χ4v) is 1.38. The summed E-state index contributed by atoms with van der Waals surface area (Å²) in [6, 6.07) is 7.53. The van der Waals surface area contributed by atoms with Gasteiger partial charge in [0.1, 0.15) is 0 Å². The Morgan fingerprint density at radius 1 is 1.31 bits per heavy atom. The number of aryl methyl sites for hydroxylation is 1. The van der Waals surface area contributed by atoms with Gasteiger partial charge in [-0.05, 0) is 12.1 Å². The molecule has 66 valence electrons. The zero-order valence-electron chi connectivity index (χ0n) is 7.12. The third kappa shape index (κ3) is 1.58.